The third kappa shape index (κ3) is 3.19. The molecule has 2 aromatic carbocycles. The van der Waals surface area contributed by atoms with Gasteiger partial charge >= 0.3 is 0 Å². The molecule has 0 spiro atoms. The van der Waals surface area contributed by atoms with Gasteiger partial charge in [0.05, 0.1) is 11.1 Å². The van der Waals surface area contributed by atoms with Crippen LogP contribution in [-0.4, -0.2) is 17.8 Å². The molecule has 1 amide bonds. The van der Waals surface area contributed by atoms with Crippen molar-refractivity contribution in [1.29, 1.82) is 0 Å². The predicted octanol–water partition coefficient (Wildman–Crippen LogP) is 3.61. The van der Waals surface area contributed by atoms with Crippen molar-refractivity contribution in [2.45, 2.75) is 18.4 Å². The van der Waals surface area contributed by atoms with E-state index >= 15 is 0 Å². The van der Waals surface area contributed by atoms with Crippen molar-refractivity contribution in [2.75, 3.05) is 11.4 Å². The summed E-state index contributed by atoms with van der Waals surface area (Å²) in [7, 11) is 0. The van der Waals surface area contributed by atoms with E-state index in [4.69, 9.17) is 16.3 Å². The first-order chi connectivity index (χ1) is 10.2. The molecule has 2 aromatic rings. The Morgan fingerprint density at radius 3 is 2.52 bits per heavy atom. The number of carbonyl (C=O) groups is 1. The van der Waals surface area contributed by atoms with Crippen molar-refractivity contribution in [3.05, 3.63) is 60.2 Å². The van der Waals surface area contributed by atoms with E-state index in [0.29, 0.717) is 25.3 Å². The minimum atomic E-state index is -0.125. The predicted molar refractivity (Wildman–Crippen MR) is 83.8 cm³/mol. The number of carbonyl (C=O) groups excluding carboxylic acids is 1. The number of anilines is 1. The quantitative estimate of drug-likeness (QED) is 0.807. The summed E-state index contributed by atoms with van der Waals surface area (Å²) in [5.74, 6) is 0.756. The zero-order valence-corrected chi connectivity index (χ0v) is 12.3. The summed E-state index contributed by atoms with van der Waals surface area (Å²) in [4.78, 5) is 13.7. The van der Waals surface area contributed by atoms with Crippen LogP contribution in [0.3, 0.4) is 0 Å². The number of nitrogens with zero attached hydrogens (tertiary/aromatic N) is 1. The molecule has 0 aromatic heterocycles. The first-order valence-corrected chi connectivity index (χ1v) is 7.38. The molecule has 1 heterocycles. The van der Waals surface area contributed by atoms with Gasteiger partial charge in [-0.2, -0.15) is 0 Å². The number of ether oxygens (including phenoxy) is 1. The molecule has 1 fully saturated rings. The normalized spacial score (nSPS) is 18.0. The van der Waals surface area contributed by atoms with E-state index < -0.39 is 0 Å². The summed E-state index contributed by atoms with van der Waals surface area (Å²) in [6.45, 7) is 1.01. The van der Waals surface area contributed by atoms with Crippen LogP contribution in [0, 0.1) is 0 Å². The van der Waals surface area contributed by atoms with Crippen LogP contribution in [0.25, 0.3) is 0 Å². The van der Waals surface area contributed by atoms with Gasteiger partial charge in [-0.25, -0.2) is 0 Å². The minimum Gasteiger partial charge on any atom is -0.487 e. The molecule has 0 radical (unpaired) electrons. The van der Waals surface area contributed by atoms with Crippen molar-refractivity contribution in [2.24, 2.45) is 0 Å². The maximum atomic E-state index is 12.0. The van der Waals surface area contributed by atoms with Gasteiger partial charge in [-0.3, -0.25) is 4.79 Å². The second-order valence-corrected chi connectivity index (χ2v) is 5.66. The summed E-state index contributed by atoms with van der Waals surface area (Å²) in [6, 6.07) is 17.5. The standard InChI is InChI=1S/C17H16ClNO2/c18-14-10-17(20)19(11-14)15-8-4-5-9-16(15)21-12-13-6-2-1-3-7-13/h1-9,14H,10-12H2. The Labute approximate surface area is 129 Å². The molecule has 1 atom stereocenters. The smallest absolute Gasteiger partial charge is 0.228 e. The monoisotopic (exact) mass is 301 g/mol. The molecule has 0 aliphatic carbocycles. The lowest BCUT2D eigenvalue weighted by Gasteiger charge is -2.20. The molecule has 1 aliphatic rings. The Balaban J connectivity index is 1.78. The third-order valence-corrected chi connectivity index (χ3v) is 3.76. The van der Waals surface area contributed by atoms with Gasteiger partial charge in [0.15, 0.2) is 0 Å². The number of alkyl halides is 1. The first-order valence-electron chi connectivity index (χ1n) is 6.94. The molecule has 1 unspecified atom stereocenters. The Kier molecular flexibility index (Phi) is 4.11. The summed E-state index contributed by atoms with van der Waals surface area (Å²) >= 11 is 6.07. The van der Waals surface area contributed by atoms with Gasteiger partial charge < -0.3 is 9.64 Å². The third-order valence-electron chi connectivity index (χ3n) is 3.47. The summed E-state index contributed by atoms with van der Waals surface area (Å²) < 4.78 is 5.88. The second-order valence-electron chi connectivity index (χ2n) is 5.05. The van der Waals surface area contributed by atoms with Crippen molar-refractivity contribution in [3.63, 3.8) is 0 Å². The molecule has 1 saturated heterocycles. The van der Waals surface area contributed by atoms with Crippen LogP contribution in [0.15, 0.2) is 54.6 Å². The molecule has 0 saturated carbocycles. The number of halogens is 1. The fraction of sp³-hybridized carbons (Fsp3) is 0.235. The highest BCUT2D eigenvalue weighted by atomic mass is 35.5. The average molecular weight is 302 g/mol. The van der Waals surface area contributed by atoms with Crippen LogP contribution in [0.4, 0.5) is 5.69 Å². The number of hydrogen-bond acceptors (Lipinski definition) is 2. The molecule has 3 nitrogen and oxygen atoms in total. The highest BCUT2D eigenvalue weighted by Gasteiger charge is 2.30. The molecule has 108 valence electrons. The van der Waals surface area contributed by atoms with Gasteiger partial charge in [-0.05, 0) is 17.7 Å². The maximum Gasteiger partial charge on any atom is 0.228 e. The Hall–Kier alpha value is -2.00. The van der Waals surface area contributed by atoms with E-state index in [1.54, 1.807) is 4.90 Å². The topological polar surface area (TPSA) is 29.5 Å². The summed E-state index contributed by atoms with van der Waals surface area (Å²) in [6.07, 6.45) is 0.384. The van der Waals surface area contributed by atoms with Crippen LogP contribution in [-0.2, 0) is 11.4 Å². The van der Waals surface area contributed by atoms with E-state index in [1.165, 1.54) is 0 Å². The number of para-hydroxylation sites is 2. The van der Waals surface area contributed by atoms with Crippen molar-refractivity contribution in [1.82, 2.24) is 0 Å². The highest BCUT2D eigenvalue weighted by molar-refractivity contribution is 6.24. The van der Waals surface area contributed by atoms with Gasteiger partial charge in [0, 0.05) is 13.0 Å². The van der Waals surface area contributed by atoms with Gasteiger partial charge in [0.2, 0.25) is 5.91 Å². The van der Waals surface area contributed by atoms with Gasteiger partial charge in [0.1, 0.15) is 12.4 Å². The zero-order chi connectivity index (χ0) is 14.7. The molecule has 0 bridgehead atoms. The number of hydrogen-bond donors (Lipinski definition) is 0. The van der Waals surface area contributed by atoms with Crippen LogP contribution in [0.1, 0.15) is 12.0 Å². The fourth-order valence-electron chi connectivity index (χ4n) is 2.43. The number of amides is 1. The molecule has 3 rings (SSSR count). The SMILES string of the molecule is O=C1CC(Cl)CN1c1ccccc1OCc1ccccc1. The molecule has 21 heavy (non-hydrogen) atoms. The van der Waals surface area contributed by atoms with E-state index in [9.17, 15) is 4.79 Å². The molecule has 4 heteroatoms. The Bertz CT molecular complexity index is 630. The number of benzene rings is 2. The van der Waals surface area contributed by atoms with Crippen LogP contribution < -0.4 is 9.64 Å². The van der Waals surface area contributed by atoms with Crippen LogP contribution >= 0.6 is 11.6 Å². The van der Waals surface area contributed by atoms with E-state index in [2.05, 4.69) is 0 Å². The van der Waals surface area contributed by atoms with E-state index in [1.807, 2.05) is 54.6 Å². The maximum absolute atomic E-state index is 12.0. The van der Waals surface area contributed by atoms with E-state index in [-0.39, 0.29) is 11.3 Å². The van der Waals surface area contributed by atoms with Crippen molar-refractivity contribution >= 4 is 23.2 Å². The second kappa shape index (κ2) is 6.19. The average Bonchev–Trinajstić information content (AvgIpc) is 2.85. The minimum absolute atomic E-state index is 0.0470. The lowest BCUT2D eigenvalue weighted by Crippen LogP contribution is -2.25. The largest absolute Gasteiger partial charge is 0.487 e. The van der Waals surface area contributed by atoms with Crippen LogP contribution in [0.5, 0.6) is 5.75 Å². The first kappa shape index (κ1) is 14.0. The van der Waals surface area contributed by atoms with E-state index in [0.717, 1.165) is 11.3 Å². The van der Waals surface area contributed by atoms with Gasteiger partial charge in [-0.15, -0.1) is 11.6 Å². The Morgan fingerprint density at radius 2 is 1.81 bits per heavy atom. The molecule has 0 N–H and O–H groups in total. The molecular formula is C17H16ClNO2. The molecular weight excluding hydrogens is 286 g/mol. The fourth-order valence-corrected chi connectivity index (χ4v) is 2.70. The van der Waals surface area contributed by atoms with Gasteiger partial charge in [-0.1, -0.05) is 42.5 Å². The zero-order valence-electron chi connectivity index (χ0n) is 11.5. The summed E-state index contributed by atoms with van der Waals surface area (Å²) in [5, 5.41) is -0.125. The summed E-state index contributed by atoms with van der Waals surface area (Å²) in [5.41, 5.74) is 1.89. The van der Waals surface area contributed by atoms with Crippen molar-refractivity contribution < 1.29 is 9.53 Å². The highest BCUT2D eigenvalue weighted by Crippen LogP contribution is 2.32. The van der Waals surface area contributed by atoms with Gasteiger partial charge in [0.25, 0.3) is 0 Å². The number of rotatable bonds is 4. The molecule has 1 aliphatic heterocycles. The Morgan fingerprint density at radius 1 is 1.10 bits per heavy atom. The van der Waals surface area contributed by atoms with Crippen molar-refractivity contribution in [3.8, 4) is 5.75 Å². The van der Waals surface area contributed by atoms with Crippen LogP contribution in [0.2, 0.25) is 0 Å². The lowest BCUT2D eigenvalue weighted by molar-refractivity contribution is -0.117. The lowest BCUT2D eigenvalue weighted by atomic mass is 10.2.